The van der Waals surface area contributed by atoms with Crippen LogP contribution in [0.2, 0.25) is 5.02 Å². The highest BCUT2D eigenvalue weighted by molar-refractivity contribution is 6.33. The van der Waals surface area contributed by atoms with E-state index in [4.69, 9.17) is 11.6 Å². The quantitative estimate of drug-likeness (QED) is 0.675. The van der Waals surface area contributed by atoms with Gasteiger partial charge in [-0.05, 0) is 43.7 Å². The van der Waals surface area contributed by atoms with Gasteiger partial charge in [-0.2, -0.15) is 0 Å². The second-order valence-electron chi connectivity index (χ2n) is 4.54. The topological polar surface area (TPSA) is 42.0 Å². The van der Waals surface area contributed by atoms with E-state index in [0.29, 0.717) is 10.6 Å². The van der Waals surface area contributed by atoms with Gasteiger partial charge in [0.2, 0.25) is 0 Å². The number of pyridine rings is 1. The first-order chi connectivity index (χ1) is 9.56. The average Bonchev–Trinajstić information content (AvgIpc) is 2.43. The van der Waals surface area contributed by atoms with Crippen molar-refractivity contribution in [2.24, 2.45) is 0 Å². The maximum atomic E-state index is 12.0. The van der Waals surface area contributed by atoms with Crippen LogP contribution < -0.4 is 5.32 Å². The molecule has 3 nitrogen and oxygen atoms in total. The third-order valence-corrected chi connectivity index (χ3v) is 3.08. The molecule has 0 atom stereocenters. The van der Waals surface area contributed by atoms with Crippen LogP contribution in [0.1, 0.15) is 22.8 Å². The molecule has 0 aliphatic heterocycles. The van der Waals surface area contributed by atoms with Crippen molar-refractivity contribution in [3.63, 3.8) is 0 Å². The van der Waals surface area contributed by atoms with E-state index >= 15 is 0 Å². The number of nitrogens with zero attached hydrogens (tertiary/aromatic N) is 1. The van der Waals surface area contributed by atoms with E-state index in [1.165, 1.54) is 6.08 Å². The van der Waals surface area contributed by atoms with Crippen LogP contribution in [-0.2, 0) is 0 Å². The van der Waals surface area contributed by atoms with Gasteiger partial charge in [-0.1, -0.05) is 17.7 Å². The maximum absolute atomic E-state index is 12.0. The molecule has 0 bridgehead atoms. The molecular formula is C16H15ClN2O. The Kier molecular flexibility index (Phi) is 4.53. The summed E-state index contributed by atoms with van der Waals surface area (Å²) in [7, 11) is 0. The molecule has 2 rings (SSSR count). The Morgan fingerprint density at radius 1 is 1.35 bits per heavy atom. The Morgan fingerprint density at radius 3 is 2.85 bits per heavy atom. The Bertz CT molecular complexity index is 651. The lowest BCUT2D eigenvalue weighted by Crippen LogP contribution is -2.02. The largest absolute Gasteiger partial charge is 0.358 e. The summed E-state index contributed by atoms with van der Waals surface area (Å²) in [5.74, 6) is -0.0909. The van der Waals surface area contributed by atoms with Gasteiger partial charge in [0.25, 0.3) is 0 Å². The number of allylic oxidation sites excluding steroid dienone is 2. The van der Waals surface area contributed by atoms with Gasteiger partial charge in [-0.15, -0.1) is 0 Å². The van der Waals surface area contributed by atoms with Crippen LogP contribution in [0.15, 0.2) is 54.5 Å². The molecule has 102 valence electrons. The second-order valence-corrected chi connectivity index (χ2v) is 4.95. The maximum Gasteiger partial charge on any atom is 0.189 e. The number of hydrogen-bond donors (Lipinski definition) is 1. The van der Waals surface area contributed by atoms with Crippen LogP contribution in [0.3, 0.4) is 0 Å². The molecule has 0 aliphatic rings. The monoisotopic (exact) mass is 286 g/mol. The zero-order valence-corrected chi connectivity index (χ0v) is 12.1. The van der Waals surface area contributed by atoms with Gasteiger partial charge < -0.3 is 5.32 Å². The fraction of sp³-hybridized carbons (Fsp3) is 0.125. The number of benzene rings is 1. The summed E-state index contributed by atoms with van der Waals surface area (Å²) in [5, 5.41) is 3.76. The molecule has 0 amide bonds. The number of aromatic nitrogens is 1. The molecule has 0 radical (unpaired) electrons. The van der Waals surface area contributed by atoms with Crippen molar-refractivity contribution >= 4 is 23.1 Å². The number of rotatable bonds is 4. The molecule has 0 saturated carbocycles. The van der Waals surface area contributed by atoms with Gasteiger partial charge >= 0.3 is 0 Å². The Morgan fingerprint density at radius 2 is 2.15 bits per heavy atom. The van der Waals surface area contributed by atoms with E-state index < -0.39 is 0 Å². The molecule has 1 aromatic carbocycles. The average molecular weight is 287 g/mol. The highest BCUT2D eigenvalue weighted by atomic mass is 35.5. The number of halogens is 1. The summed E-state index contributed by atoms with van der Waals surface area (Å²) < 4.78 is 0. The predicted molar refractivity (Wildman–Crippen MR) is 82.1 cm³/mol. The number of carbonyl (C=O) groups excluding carboxylic acids is 1. The van der Waals surface area contributed by atoms with E-state index in [1.807, 2.05) is 32.0 Å². The van der Waals surface area contributed by atoms with Gasteiger partial charge in [0.1, 0.15) is 0 Å². The smallest absolute Gasteiger partial charge is 0.189 e. The van der Waals surface area contributed by atoms with Crippen LogP contribution in [0.5, 0.6) is 0 Å². The highest BCUT2D eigenvalue weighted by Crippen LogP contribution is 2.24. The minimum absolute atomic E-state index is 0.0909. The van der Waals surface area contributed by atoms with E-state index in [2.05, 4.69) is 10.3 Å². The molecule has 20 heavy (non-hydrogen) atoms. The highest BCUT2D eigenvalue weighted by Gasteiger charge is 2.04. The third kappa shape index (κ3) is 3.68. The molecule has 0 saturated heterocycles. The summed E-state index contributed by atoms with van der Waals surface area (Å²) in [6.07, 6.45) is 4.72. The molecule has 0 unspecified atom stereocenters. The summed E-state index contributed by atoms with van der Waals surface area (Å²) in [6.45, 7) is 3.81. The van der Waals surface area contributed by atoms with Crippen LogP contribution in [-0.4, -0.2) is 10.8 Å². The summed E-state index contributed by atoms with van der Waals surface area (Å²) in [5.41, 5.74) is 3.18. The van der Waals surface area contributed by atoms with Crippen molar-refractivity contribution in [2.75, 3.05) is 5.32 Å². The lowest BCUT2D eigenvalue weighted by atomic mass is 10.1. The fourth-order valence-corrected chi connectivity index (χ4v) is 1.94. The second kappa shape index (κ2) is 6.35. The number of aryl methyl sites for hydroxylation is 1. The lowest BCUT2D eigenvalue weighted by Gasteiger charge is -2.09. The van der Waals surface area contributed by atoms with Gasteiger partial charge in [0, 0.05) is 29.7 Å². The first-order valence-corrected chi connectivity index (χ1v) is 6.60. The third-order valence-electron chi connectivity index (χ3n) is 2.75. The van der Waals surface area contributed by atoms with Gasteiger partial charge in [-0.25, -0.2) is 0 Å². The number of carbonyl (C=O) groups is 1. The van der Waals surface area contributed by atoms with Gasteiger partial charge in [0.15, 0.2) is 5.78 Å². The van der Waals surface area contributed by atoms with E-state index in [-0.39, 0.29) is 5.78 Å². The molecule has 1 N–H and O–H groups in total. The number of anilines is 1. The van der Waals surface area contributed by atoms with Gasteiger partial charge in [-0.3, -0.25) is 9.78 Å². The van der Waals surface area contributed by atoms with Crippen LogP contribution in [0.4, 0.5) is 5.69 Å². The predicted octanol–water partition coefficient (Wildman–Crippen LogP) is 4.24. The van der Waals surface area contributed by atoms with Crippen molar-refractivity contribution in [3.05, 3.63) is 70.6 Å². The van der Waals surface area contributed by atoms with E-state index in [0.717, 1.165) is 16.9 Å². The molecule has 1 aromatic heterocycles. The Hall–Kier alpha value is -2.13. The van der Waals surface area contributed by atoms with E-state index in [9.17, 15) is 4.79 Å². The molecule has 0 aliphatic carbocycles. The zero-order valence-electron chi connectivity index (χ0n) is 11.4. The summed E-state index contributed by atoms with van der Waals surface area (Å²) in [4.78, 5) is 15.9. The summed E-state index contributed by atoms with van der Waals surface area (Å²) >= 11 is 6.11. The molecule has 1 heterocycles. The molecule has 0 spiro atoms. The Balaban J connectivity index is 2.15. The standard InChI is InChI=1S/C16H15ClN2O/c1-11-5-6-14(17)15(8-11)19-12(2)9-16(20)13-4-3-7-18-10-13/h3-10,19H,1-2H3/b12-9+. The SMILES string of the molecule is C/C(=C\C(=O)c1cccnc1)Nc1cc(C)ccc1Cl. The minimum atomic E-state index is -0.0909. The first-order valence-electron chi connectivity index (χ1n) is 6.22. The van der Waals surface area contributed by atoms with Gasteiger partial charge in [0.05, 0.1) is 10.7 Å². The Labute approximate surface area is 123 Å². The number of hydrogen-bond acceptors (Lipinski definition) is 3. The van der Waals surface area contributed by atoms with Crippen molar-refractivity contribution in [3.8, 4) is 0 Å². The zero-order chi connectivity index (χ0) is 14.5. The molecular weight excluding hydrogens is 272 g/mol. The van der Waals surface area contributed by atoms with Crippen molar-refractivity contribution in [2.45, 2.75) is 13.8 Å². The van der Waals surface area contributed by atoms with E-state index in [1.54, 1.807) is 24.5 Å². The molecule has 4 heteroatoms. The minimum Gasteiger partial charge on any atom is -0.358 e. The first kappa shape index (κ1) is 14.3. The normalized spacial score (nSPS) is 11.2. The molecule has 0 fully saturated rings. The van der Waals surface area contributed by atoms with Crippen molar-refractivity contribution < 1.29 is 4.79 Å². The van der Waals surface area contributed by atoms with Crippen LogP contribution in [0, 0.1) is 6.92 Å². The number of nitrogens with one attached hydrogen (secondary N) is 1. The van der Waals surface area contributed by atoms with Crippen LogP contribution >= 0.6 is 11.6 Å². The molecule has 2 aromatic rings. The van der Waals surface area contributed by atoms with Crippen molar-refractivity contribution in [1.82, 2.24) is 4.98 Å². The summed E-state index contributed by atoms with van der Waals surface area (Å²) in [6, 6.07) is 9.18. The fourth-order valence-electron chi connectivity index (χ4n) is 1.77. The van der Waals surface area contributed by atoms with Crippen LogP contribution in [0.25, 0.3) is 0 Å². The van der Waals surface area contributed by atoms with Crippen molar-refractivity contribution in [1.29, 1.82) is 0 Å². The number of ketones is 1. The lowest BCUT2D eigenvalue weighted by molar-refractivity contribution is 0.104.